The fourth-order valence-corrected chi connectivity index (χ4v) is 5.21. The molecule has 1 aromatic heterocycles. The zero-order valence-corrected chi connectivity index (χ0v) is 18.9. The van der Waals surface area contributed by atoms with Crippen LogP contribution in [0.2, 0.25) is 0 Å². The van der Waals surface area contributed by atoms with E-state index in [0.29, 0.717) is 16.4 Å². The summed E-state index contributed by atoms with van der Waals surface area (Å²) in [5, 5.41) is 3.31. The highest BCUT2D eigenvalue weighted by Crippen LogP contribution is 2.30. The Balaban J connectivity index is 1.54. The molecule has 8 heteroatoms. The summed E-state index contributed by atoms with van der Waals surface area (Å²) >= 11 is 1.41. The molecule has 2 N–H and O–H groups in total. The van der Waals surface area contributed by atoms with Crippen LogP contribution in [0.5, 0.6) is 0 Å². The molecule has 158 valence electrons. The van der Waals surface area contributed by atoms with E-state index >= 15 is 0 Å². The molecule has 0 spiro atoms. The van der Waals surface area contributed by atoms with Crippen molar-refractivity contribution in [1.82, 2.24) is 4.98 Å². The third kappa shape index (κ3) is 4.60. The molecule has 0 fully saturated rings. The van der Waals surface area contributed by atoms with Crippen molar-refractivity contribution in [2.45, 2.75) is 25.7 Å². The fraction of sp³-hybridized carbons (Fsp3) is 0.130. The van der Waals surface area contributed by atoms with Gasteiger partial charge in [-0.15, -0.1) is 0 Å². The number of anilines is 2. The minimum atomic E-state index is -3.75. The van der Waals surface area contributed by atoms with Crippen LogP contribution in [0.3, 0.4) is 0 Å². The number of hydrogen-bond acceptors (Lipinski definition) is 5. The number of sulfonamides is 1. The van der Waals surface area contributed by atoms with Crippen LogP contribution in [-0.4, -0.2) is 19.3 Å². The highest BCUT2D eigenvalue weighted by Gasteiger charge is 2.16. The molecule has 0 atom stereocenters. The van der Waals surface area contributed by atoms with Crippen molar-refractivity contribution in [3.8, 4) is 0 Å². The van der Waals surface area contributed by atoms with Crippen molar-refractivity contribution in [3.05, 3.63) is 82.9 Å². The van der Waals surface area contributed by atoms with E-state index in [4.69, 9.17) is 0 Å². The number of amides is 1. The van der Waals surface area contributed by atoms with Crippen LogP contribution in [0, 0.1) is 20.8 Å². The zero-order valence-electron chi connectivity index (χ0n) is 17.3. The van der Waals surface area contributed by atoms with E-state index in [1.807, 2.05) is 26.8 Å². The first-order valence-electron chi connectivity index (χ1n) is 9.60. The summed E-state index contributed by atoms with van der Waals surface area (Å²) < 4.78 is 28.8. The fourth-order valence-electron chi connectivity index (χ4n) is 3.25. The normalized spacial score (nSPS) is 11.5. The first-order valence-corrected chi connectivity index (χ1v) is 11.9. The number of fused-ring (bicyclic) bond motifs is 1. The second-order valence-corrected chi connectivity index (χ2v) is 10.1. The van der Waals surface area contributed by atoms with Gasteiger partial charge in [0.05, 0.1) is 15.1 Å². The maximum atomic E-state index is 12.7. The molecule has 4 rings (SSSR count). The Morgan fingerprint density at radius 2 is 1.68 bits per heavy atom. The molecular formula is C23H21N3O3S2. The van der Waals surface area contributed by atoms with Crippen molar-refractivity contribution >= 4 is 48.3 Å². The van der Waals surface area contributed by atoms with Gasteiger partial charge in [0, 0.05) is 11.3 Å². The molecule has 0 bridgehead atoms. The van der Waals surface area contributed by atoms with Gasteiger partial charge in [0.25, 0.3) is 15.9 Å². The number of thiazole rings is 1. The Hall–Kier alpha value is -3.23. The first kappa shape index (κ1) is 21.0. The smallest absolute Gasteiger partial charge is 0.261 e. The molecule has 0 unspecified atom stereocenters. The van der Waals surface area contributed by atoms with Crippen LogP contribution in [0.4, 0.5) is 10.8 Å². The summed E-state index contributed by atoms with van der Waals surface area (Å²) in [6, 6.07) is 17.0. The summed E-state index contributed by atoms with van der Waals surface area (Å²) in [7, 11) is -3.75. The zero-order chi connectivity index (χ0) is 22.2. The van der Waals surface area contributed by atoms with Crippen LogP contribution in [0.1, 0.15) is 27.0 Å². The molecule has 0 aliphatic rings. The van der Waals surface area contributed by atoms with Gasteiger partial charge in [0.2, 0.25) is 0 Å². The lowest BCUT2D eigenvalue weighted by Crippen LogP contribution is -2.15. The van der Waals surface area contributed by atoms with Gasteiger partial charge in [-0.25, -0.2) is 13.4 Å². The first-order chi connectivity index (χ1) is 14.7. The van der Waals surface area contributed by atoms with E-state index in [0.717, 1.165) is 26.9 Å². The lowest BCUT2D eigenvalue weighted by Gasteiger charge is -2.10. The number of carbonyl (C=O) groups excluding carboxylic acids is 1. The summed E-state index contributed by atoms with van der Waals surface area (Å²) in [5.74, 6) is -0.357. The minimum absolute atomic E-state index is 0.160. The molecule has 6 nitrogen and oxygen atoms in total. The standard InChI is InChI=1S/C23H21N3O3S2/c1-14-7-9-19(10-8-14)31(28,29)26-18-6-4-5-17(13-18)22(27)25-23-24-20-12-15(2)11-16(3)21(20)30-23/h4-13,26H,1-3H3,(H,24,25,27). The second-order valence-electron chi connectivity index (χ2n) is 7.40. The molecule has 1 amide bonds. The van der Waals surface area contributed by atoms with Crippen molar-refractivity contribution in [2.75, 3.05) is 10.0 Å². The third-order valence-corrected chi connectivity index (χ3v) is 7.27. The molecule has 1 heterocycles. The summed E-state index contributed by atoms with van der Waals surface area (Å²) in [6.07, 6.45) is 0. The lowest BCUT2D eigenvalue weighted by molar-refractivity contribution is 0.102. The van der Waals surface area contributed by atoms with Crippen LogP contribution in [0.25, 0.3) is 10.2 Å². The SMILES string of the molecule is Cc1ccc(S(=O)(=O)Nc2cccc(C(=O)Nc3nc4cc(C)cc(C)c4s3)c2)cc1. The van der Waals surface area contributed by atoms with Crippen molar-refractivity contribution < 1.29 is 13.2 Å². The van der Waals surface area contributed by atoms with Gasteiger partial charge in [0.1, 0.15) is 0 Å². The van der Waals surface area contributed by atoms with Crippen LogP contribution < -0.4 is 10.0 Å². The van der Waals surface area contributed by atoms with E-state index in [9.17, 15) is 13.2 Å². The molecule has 0 aliphatic heterocycles. The topological polar surface area (TPSA) is 88.2 Å². The van der Waals surface area contributed by atoms with E-state index in [2.05, 4.69) is 21.1 Å². The van der Waals surface area contributed by atoms with Gasteiger partial charge in [-0.1, -0.05) is 41.2 Å². The minimum Gasteiger partial charge on any atom is -0.298 e. The number of benzene rings is 3. The predicted molar refractivity (Wildman–Crippen MR) is 125 cm³/mol. The van der Waals surface area contributed by atoms with Gasteiger partial charge in [0.15, 0.2) is 5.13 Å². The average molecular weight is 452 g/mol. The van der Waals surface area contributed by atoms with Crippen LogP contribution in [-0.2, 0) is 10.0 Å². The van der Waals surface area contributed by atoms with Gasteiger partial charge >= 0.3 is 0 Å². The van der Waals surface area contributed by atoms with E-state index in [1.165, 1.54) is 17.4 Å². The highest BCUT2D eigenvalue weighted by molar-refractivity contribution is 7.92. The number of rotatable bonds is 5. The van der Waals surface area contributed by atoms with Gasteiger partial charge < -0.3 is 0 Å². The van der Waals surface area contributed by atoms with Crippen LogP contribution in [0.15, 0.2) is 65.6 Å². The number of aromatic nitrogens is 1. The largest absolute Gasteiger partial charge is 0.298 e. The van der Waals surface area contributed by atoms with E-state index in [-0.39, 0.29) is 10.8 Å². The number of nitrogens with zero attached hydrogens (tertiary/aromatic N) is 1. The van der Waals surface area contributed by atoms with Gasteiger partial charge in [-0.2, -0.15) is 0 Å². The van der Waals surface area contributed by atoms with Gasteiger partial charge in [-0.05, 0) is 68.3 Å². The monoisotopic (exact) mass is 451 g/mol. The molecule has 0 saturated heterocycles. The van der Waals surface area contributed by atoms with E-state index < -0.39 is 10.0 Å². The Labute approximate surface area is 185 Å². The number of aryl methyl sites for hydroxylation is 3. The molecule has 0 radical (unpaired) electrons. The molecule has 3 aromatic carbocycles. The Kier molecular flexibility index (Phi) is 5.51. The summed E-state index contributed by atoms with van der Waals surface area (Å²) in [5.41, 5.74) is 4.68. The van der Waals surface area contributed by atoms with Gasteiger partial charge in [-0.3, -0.25) is 14.8 Å². The van der Waals surface area contributed by atoms with Crippen LogP contribution >= 0.6 is 11.3 Å². The quantitative estimate of drug-likeness (QED) is 0.432. The molecule has 0 saturated carbocycles. The molecule has 4 aromatic rings. The summed E-state index contributed by atoms with van der Waals surface area (Å²) in [6.45, 7) is 5.91. The Morgan fingerprint density at radius 3 is 2.42 bits per heavy atom. The number of hydrogen-bond donors (Lipinski definition) is 2. The molecule has 31 heavy (non-hydrogen) atoms. The highest BCUT2D eigenvalue weighted by atomic mass is 32.2. The average Bonchev–Trinajstić information content (AvgIpc) is 3.10. The number of carbonyl (C=O) groups is 1. The predicted octanol–water partition coefficient (Wildman–Crippen LogP) is 5.27. The molecule has 0 aliphatic carbocycles. The van der Waals surface area contributed by atoms with Crippen molar-refractivity contribution in [1.29, 1.82) is 0 Å². The maximum Gasteiger partial charge on any atom is 0.261 e. The number of nitrogens with one attached hydrogen (secondary N) is 2. The Morgan fingerprint density at radius 1 is 0.935 bits per heavy atom. The molecular weight excluding hydrogens is 430 g/mol. The lowest BCUT2D eigenvalue weighted by atomic mass is 10.1. The summed E-state index contributed by atoms with van der Waals surface area (Å²) in [4.78, 5) is 17.4. The maximum absolute atomic E-state index is 12.7. The van der Waals surface area contributed by atoms with Crippen molar-refractivity contribution in [2.24, 2.45) is 0 Å². The second kappa shape index (κ2) is 8.13. The third-order valence-electron chi connectivity index (χ3n) is 4.75. The Bertz CT molecular complexity index is 1390. The van der Waals surface area contributed by atoms with Crippen molar-refractivity contribution in [3.63, 3.8) is 0 Å². The van der Waals surface area contributed by atoms with E-state index in [1.54, 1.807) is 42.5 Å².